The molecule has 57 heavy (non-hydrogen) atoms. The van der Waals surface area contributed by atoms with Gasteiger partial charge < -0.3 is 21.7 Å². The summed E-state index contributed by atoms with van der Waals surface area (Å²) in [6.07, 6.45) is 9.31. The number of rotatable bonds is 13. The second-order valence-electron chi connectivity index (χ2n) is 15.2. The first-order chi connectivity index (χ1) is 27.6. The van der Waals surface area contributed by atoms with Crippen LogP contribution in [-0.4, -0.2) is 56.9 Å². The van der Waals surface area contributed by atoms with Gasteiger partial charge in [-0.1, -0.05) is 29.8 Å². The van der Waals surface area contributed by atoms with E-state index < -0.39 is 6.04 Å². The number of aromatic nitrogens is 8. The maximum Gasteiger partial charge on any atom is 0.182 e. The number of allylic oxidation sites excluding steroid dienone is 1. The number of nitrogens with zero attached hydrogens (tertiary/aromatic N) is 9. The summed E-state index contributed by atoms with van der Waals surface area (Å²) in [5.74, 6) is 2.56. The largest absolute Gasteiger partial charge is 0.384 e. The molecule has 2 aliphatic carbocycles. The maximum absolute atomic E-state index is 14.1. The lowest BCUT2D eigenvalue weighted by atomic mass is 9.85. The Balaban J connectivity index is 0.953. The molecule has 5 aromatic heterocycles. The minimum absolute atomic E-state index is 0.101. The van der Waals surface area contributed by atoms with Crippen molar-refractivity contribution >= 4 is 34.3 Å². The number of aliphatic imine (C=N–C) groups is 1. The molecular weight excluding hydrogens is 725 g/mol. The first kappa shape index (κ1) is 36.3. The third kappa shape index (κ3) is 7.76. The Morgan fingerprint density at radius 2 is 1.37 bits per heavy atom. The minimum atomic E-state index is -0.442. The van der Waals surface area contributed by atoms with Crippen molar-refractivity contribution in [1.29, 1.82) is 0 Å². The van der Waals surface area contributed by atoms with Gasteiger partial charge in [0.15, 0.2) is 29.1 Å². The van der Waals surface area contributed by atoms with Crippen molar-refractivity contribution in [3.8, 4) is 0 Å². The van der Waals surface area contributed by atoms with Crippen LogP contribution in [-0.2, 0) is 0 Å². The van der Waals surface area contributed by atoms with Crippen LogP contribution in [0.2, 0.25) is 0 Å². The molecule has 2 saturated carbocycles. The lowest BCUT2D eigenvalue weighted by molar-refractivity contribution is 0.198. The number of hydrogen-bond acceptors (Lipinski definition) is 9. The number of amidine groups is 1. The summed E-state index contributed by atoms with van der Waals surface area (Å²) in [6, 6.07) is 22.5. The van der Waals surface area contributed by atoms with Gasteiger partial charge in [-0.2, -0.15) is 15.3 Å². The Morgan fingerprint density at radius 3 is 1.98 bits per heavy atom. The number of fused-ring (bicyclic) bond motifs is 2. The summed E-state index contributed by atoms with van der Waals surface area (Å²) in [7, 11) is 0. The Labute approximate surface area is 327 Å². The molecule has 2 unspecified atom stereocenters. The van der Waals surface area contributed by atoms with Crippen molar-refractivity contribution in [3.63, 3.8) is 0 Å². The monoisotopic (exact) mass is 767 g/mol. The normalized spacial score (nSPS) is 18.1. The molecule has 2 aliphatic rings. The van der Waals surface area contributed by atoms with Crippen LogP contribution in [0, 0.1) is 18.6 Å². The van der Waals surface area contributed by atoms with E-state index in [1.165, 1.54) is 24.3 Å². The standard InChI is InChI=1S/C42H43F2N13/c1-24(2)20-35(45)48-39-33-6-4-18-55(33)54-42(50-39)38(27-10-14-29(44)15-11-27)47-31-22-32(23-31)57-25(3)21-36(52-57)49-40-34-7-5-19-56(34)53-41(51-40)37(46-30-16-17-30)26-8-12-28(43)13-9-26/h4-15,18-21,30-32,37-38,46-47H,16-17,22-23H2,1-3H3,(H2,45,48,50,54)(H,49,51,52,53). The molecule has 9 rings (SSSR count). The van der Waals surface area contributed by atoms with Crippen molar-refractivity contribution in [3.05, 3.63) is 143 Å². The molecule has 5 N–H and O–H groups in total. The predicted octanol–water partition coefficient (Wildman–Crippen LogP) is 7.18. The molecular formula is C42H43F2N13. The number of nitrogens with two attached hydrogens (primary N) is 1. The van der Waals surface area contributed by atoms with E-state index in [1.54, 1.807) is 34.9 Å². The van der Waals surface area contributed by atoms with Gasteiger partial charge in [0.1, 0.15) is 28.5 Å². The molecule has 13 nitrogen and oxygen atoms in total. The van der Waals surface area contributed by atoms with Gasteiger partial charge in [-0.05, 0) is 112 Å². The molecule has 2 atom stereocenters. The average Bonchev–Trinajstić information content (AvgIpc) is 3.47. The summed E-state index contributed by atoms with van der Waals surface area (Å²) in [5, 5.41) is 25.6. The van der Waals surface area contributed by atoms with E-state index in [4.69, 9.17) is 31.0 Å². The van der Waals surface area contributed by atoms with Crippen LogP contribution in [0.1, 0.15) is 86.1 Å². The number of aryl methyl sites for hydroxylation is 1. The highest BCUT2D eigenvalue weighted by Gasteiger charge is 2.35. The Morgan fingerprint density at radius 1 is 0.789 bits per heavy atom. The van der Waals surface area contributed by atoms with Gasteiger partial charge in [0.25, 0.3) is 0 Å². The zero-order valence-electron chi connectivity index (χ0n) is 31.8. The molecule has 15 heteroatoms. The smallest absolute Gasteiger partial charge is 0.182 e. The third-order valence-corrected chi connectivity index (χ3v) is 10.4. The summed E-state index contributed by atoms with van der Waals surface area (Å²) in [5.41, 5.74) is 11.5. The summed E-state index contributed by atoms with van der Waals surface area (Å²) < 4.78 is 33.6. The molecule has 5 heterocycles. The molecule has 2 aromatic carbocycles. The van der Waals surface area contributed by atoms with Crippen molar-refractivity contribution in [2.24, 2.45) is 10.7 Å². The molecule has 2 fully saturated rings. The highest BCUT2D eigenvalue weighted by atomic mass is 19.1. The first-order valence-electron chi connectivity index (χ1n) is 19.2. The molecule has 7 aromatic rings. The average molecular weight is 768 g/mol. The van der Waals surface area contributed by atoms with Crippen LogP contribution >= 0.6 is 0 Å². The Kier molecular flexibility index (Phi) is 9.54. The second-order valence-corrected chi connectivity index (χ2v) is 15.2. The van der Waals surface area contributed by atoms with Crippen molar-refractivity contribution in [2.45, 2.75) is 76.7 Å². The lowest BCUT2D eigenvalue weighted by Crippen LogP contribution is -2.45. The van der Waals surface area contributed by atoms with Crippen molar-refractivity contribution < 1.29 is 8.78 Å². The number of nitrogens with one attached hydrogen (secondary N) is 3. The summed E-state index contributed by atoms with van der Waals surface area (Å²) in [6.45, 7) is 5.96. The van der Waals surface area contributed by atoms with Gasteiger partial charge in [0.2, 0.25) is 0 Å². The third-order valence-electron chi connectivity index (χ3n) is 10.4. The van der Waals surface area contributed by atoms with Gasteiger partial charge in [-0.3, -0.25) is 4.68 Å². The van der Waals surface area contributed by atoms with E-state index in [0.717, 1.165) is 59.1 Å². The molecule has 290 valence electrons. The van der Waals surface area contributed by atoms with Crippen LogP contribution in [0.25, 0.3) is 11.0 Å². The zero-order chi connectivity index (χ0) is 39.2. The fraction of sp³-hybridized carbons (Fsp3) is 0.286. The molecule has 0 spiro atoms. The molecule has 0 bridgehead atoms. The van der Waals surface area contributed by atoms with Crippen LogP contribution in [0.4, 0.5) is 26.2 Å². The van der Waals surface area contributed by atoms with Gasteiger partial charge >= 0.3 is 0 Å². The molecule has 0 saturated heterocycles. The molecule has 0 aliphatic heterocycles. The van der Waals surface area contributed by atoms with Crippen molar-refractivity contribution in [2.75, 3.05) is 5.32 Å². The van der Waals surface area contributed by atoms with E-state index in [1.807, 2.05) is 68.0 Å². The van der Waals surface area contributed by atoms with E-state index in [9.17, 15) is 8.78 Å². The Bertz CT molecular complexity index is 2610. The lowest BCUT2D eigenvalue weighted by Gasteiger charge is -2.38. The van der Waals surface area contributed by atoms with E-state index in [-0.39, 0.29) is 29.8 Å². The number of benzene rings is 2. The molecule has 0 amide bonds. The fourth-order valence-corrected chi connectivity index (χ4v) is 7.39. The number of hydrogen-bond donors (Lipinski definition) is 4. The number of anilines is 2. The zero-order valence-corrected chi connectivity index (χ0v) is 31.8. The molecule has 0 radical (unpaired) electrons. The SMILES string of the molecule is CC(C)=CC(N)=Nc1nc(C(NC2CC(n3nc(Nc4nc(C(NC5CC5)c5ccc(F)cc5)nn5cccc45)cc3C)C2)c2ccc(F)cc2)nn2cccc12. The second kappa shape index (κ2) is 15.0. The summed E-state index contributed by atoms with van der Waals surface area (Å²) >= 11 is 0. The van der Waals surface area contributed by atoms with Crippen LogP contribution in [0.15, 0.2) is 108 Å². The van der Waals surface area contributed by atoms with E-state index in [2.05, 4.69) is 25.6 Å². The maximum atomic E-state index is 14.1. The van der Waals surface area contributed by atoms with Gasteiger partial charge in [0.05, 0.1) is 18.1 Å². The highest BCUT2D eigenvalue weighted by Crippen LogP contribution is 2.37. The minimum Gasteiger partial charge on any atom is -0.384 e. The van der Waals surface area contributed by atoms with E-state index in [0.29, 0.717) is 41.0 Å². The quantitative estimate of drug-likeness (QED) is 0.0707. The van der Waals surface area contributed by atoms with Crippen molar-refractivity contribution in [1.82, 2.24) is 49.6 Å². The number of halogens is 2. The highest BCUT2D eigenvalue weighted by molar-refractivity contribution is 5.94. The topological polar surface area (TPSA) is 153 Å². The van der Waals surface area contributed by atoms with Gasteiger partial charge in [-0.25, -0.2) is 32.8 Å². The van der Waals surface area contributed by atoms with Crippen LogP contribution < -0.4 is 21.7 Å². The van der Waals surface area contributed by atoms with Gasteiger partial charge in [0, 0.05) is 36.2 Å². The first-order valence-corrected chi connectivity index (χ1v) is 19.2. The van der Waals surface area contributed by atoms with Crippen LogP contribution in [0.5, 0.6) is 0 Å². The predicted molar refractivity (Wildman–Crippen MR) is 215 cm³/mol. The summed E-state index contributed by atoms with van der Waals surface area (Å²) in [4.78, 5) is 14.5. The van der Waals surface area contributed by atoms with Gasteiger partial charge in [-0.15, -0.1) is 0 Å². The van der Waals surface area contributed by atoms with Crippen LogP contribution in [0.3, 0.4) is 0 Å². The Hall–Kier alpha value is -6.32. The fourth-order valence-electron chi connectivity index (χ4n) is 7.39. The van der Waals surface area contributed by atoms with E-state index >= 15 is 0 Å².